The maximum absolute atomic E-state index is 11.9. The second kappa shape index (κ2) is 7.75. The van der Waals surface area contributed by atoms with E-state index in [0.29, 0.717) is 13.0 Å². The van der Waals surface area contributed by atoms with Crippen LogP contribution in [0.15, 0.2) is 29.2 Å². The second-order valence-corrected chi connectivity index (χ2v) is 6.08. The lowest BCUT2D eigenvalue weighted by Gasteiger charge is -2.07. The summed E-state index contributed by atoms with van der Waals surface area (Å²) >= 11 is 0. The van der Waals surface area contributed by atoms with Gasteiger partial charge < -0.3 is 10.4 Å². The van der Waals surface area contributed by atoms with Crippen molar-refractivity contribution < 1.29 is 23.1 Å². The van der Waals surface area contributed by atoms with Gasteiger partial charge >= 0.3 is 5.97 Å². The summed E-state index contributed by atoms with van der Waals surface area (Å²) in [5.41, 5.74) is 0.736. The highest BCUT2D eigenvalue weighted by molar-refractivity contribution is 7.89. The van der Waals surface area contributed by atoms with Gasteiger partial charge in [0.2, 0.25) is 15.9 Å². The number of amides is 1. The molecule has 116 valence electrons. The Balaban J connectivity index is 2.66. The molecule has 1 aromatic rings. The maximum atomic E-state index is 11.9. The summed E-state index contributed by atoms with van der Waals surface area (Å²) in [5.74, 6) is -1.31. The lowest BCUT2D eigenvalue weighted by Crippen LogP contribution is -2.36. The first-order chi connectivity index (χ1) is 9.85. The van der Waals surface area contributed by atoms with E-state index >= 15 is 0 Å². The smallest absolute Gasteiger partial charge is 0.303 e. The van der Waals surface area contributed by atoms with Crippen molar-refractivity contribution in [3.05, 3.63) is 29.8 Å². The Bertz CT molecular complexity index is 595. The Kier molecular flexibility index (Phi) is 6.32. The Morgan fingerprint density at radius 3 is 2.33 bits per heavy atom. The summed E-state index contributed by atoms with van der Waals surface area (Å²) < 4.78 is 26.1. The molecule has 1 amide bonds. The van der Waals surface area contributed by atoms with Crippen LogP contribution in [0.2, 0.25) is 0 Å². The largest absolute Gasteiger partial charge is 0.481 e. The van der Waals surface area contributed by atoms with Gasteiger partial charge in [-0.2, -0.15) is 0 Å². The van der Waals surface area contributed by atoms with Crippen molar-refractivity contribution in [1.29, 1.82) is 0 Å². The molecule has 0 radical (unpaired) electrons. The molecular formula is C13H18N2O5S. The number of aryl methyl sites for hydroxylation is 1. The normalized spacial score (nSPS) is 11.1. The first-order valence-corrected chi connectivity index (χ1v) is 7.90. The van der Waals surface area contributed by atoms with Gasteiger partial charge in [-0.25, -0.2) is 13.1 Å². The van der Waals surface area contributed by atoms with Gasteiger partial charge in [-0.3, -0.25) is 9.59 Å². The molecule has 0 aliphatic rings. The van der Waals surface area contributed by atoms with Gasteiger partial charge in [0.25, 0.3) is 0 Å². The minimum Gasteiger partial charge on any atom is -0.481 e. The number of benzene rings is 1. The van der Waals surface area contributed by atoms with Crippen molar-refractivity contribution in [2.24, 2.45) is 0 Å². The first kappa shape index (κ1) is 17.1. The molecule has 0 spiro atoms. The summed E-state index contributed by atoms with van der Waals surface area (Å²) in [5, 5.41) is 11.1. The van der Waals surface area contributed by atoms with E-state index in [9.17, 15) is 18.0 Å². The molecule has 0 saturated heterocycles. The van der Waals surface area contributed by atoms with Gasteiger partial charge in [0, 0.05) is 13.0 Å². The lowest BCUT2D eigenvalue weighted by molar-refractivity contribution is -0.137. The molecule has 0 bridgehead atoms. The highest BCUT2D eigenvalue weighted by Crippen LogP contribution is 2.11. The van der Waals surface area contributed by atoms with Gasteiger partial charge in [-0.15, -0.1) is 0 Å². The molecule has 21 heavy (non-hydrogen) atoms. The molecule has 7 nitrogen and oxygen atoms in total. The fourth-order valence-corrected chi connectivity index (χ4v) is 2.57. The van der Waals surface area contributed by atoms with Crippen LogP contribution >= 0.6 is 0 Å². The number of sulfonamides is 1. The quantitative estimate of drug-likeness (QED) is 0.631. The van der Waals surface area contributed by atoms with Crippen LogP contribution in [0.1, 0.15) is 18.9 Å². The zero-order chi connectivity index (χ0) is 15.9. The third-order valence-corrected chi connectivity index (χ3v) is 4.08. The molecule has 0 unspecified atom stereocenters. The van der Waals surface area contributed by atoms with E-state index in [1.165, 1.54) is 12.1 Å². The Labute approximate surface area is 123 Å². The topological polar surface area (TPSA) is 113 Å². The van der Waals surface area contributed by atoms with Crippen LogP contribution in [0.5, 0.6) is 0 Å². The second-order valence-electron chi connectivity index (χ2n) is 4.32. The fraction of sp³-hybridized carbons (Fsp3) is 0.385. The van der Waals surface area contributed by atoms with Gasteiger partial charge in [0.15, 0.2) is 0 Å². The summed E-state index contributed by atoms with van der Waals surface area (Å²) in [6.07, 6.45) is 0.323. The van der Waals surface area contributed by atoms with E-state index < -0.39 is 21.9 Å². The lowest BCUT2D eigenvalue weighted by atomic mass is 10.1. The highest BCUT2D eigenvalue weighted by Gasteiger charge is 2.15. The van der Waals surface area contributed by atoms with Crippen LogP contribution < -0.4 is 10.0 Å². The molecule has 0 heterocycles. The predicted molar refractivity (Wildman–Crippen MR) is 76.3 cm³/mol. The van der Waals surface area contributed by atoms with E-state index in [2.05, 4.69) is 10.0 Å². The Hall–Kier alpha value is -1.93. The van der Waals surface area contributed by atoms with Crippen molar-refractivity contribution in [2.45, 2.75) is 24.7 Å². The van der Waals surface area contributed by atoms with E-state index in [1.54, 1.807) is 19.1 Å². The number of carboxylic acids is 1. The predicted octanol–water partition coefficient (Wildman–Crippen LogP) is 0.118. The van der Waals surface area contributed by atoms with Gasteiger partial charge in [0.1, 0.15) is 0 Å². The number of aliphatic carboxylic acids is 1. The maximum Gasteiger partial charge on any atom is 0.303 e. The average Bonchev–Trinajstić information content (AvgIpc) is 2.44. The third kappa shape index (κ3) is 5.92. The monoisotopic (exact) mass is 314 g/mol. The van der Waals surface area contributed by atoms with E-state index in [0.717, 1.165) is 5.56 Å². The molecule has 0 saturated carbocycles. The number of carbonyl (C=O) groups is 2. The van der Waals surface area contributed by atoms with Crippen LogP contribution in [0.4, 0.5) is 0 Å². The number of nitrogens with one attached hydrogen (secondary N) is 2. The molecule has 0 fully saturated rings. The minimum absolute atomic E-state index is 0.0124. The molecule has 1 aromatic carbocycles. The molecule has 8 heteroatoms. The van der Waals surface area contributed by atoms with Crippen LogP contribution in [0, 0.1) is 0 Å². The number of carboxylic acid groups (broad SMARTS) is 1. The van der Waals surface area contributed by atoms with Crippen LogP contribution in [-0.4, -0.2) is 38.5 Å². The molecule has 0 aliphatic carbocycles. The number of likely N-dealkylation sites (N-methyl/N-ethyl adjacent to an activating group) is 1. The summed E-state index contributed by atoms with van der Waals surface area (Å²) in [6, 6.07) is 5.89. The van der Waals surface area contributed by atoms with Crippen molar-refractivity contribution in [3.8, 4) is 0 Å². The summed E-state index contributed by atoms with van der Waals surface area (Å²) in [4.78, 5) is 21.7. The van der Waals surface area contributed by atoms with Crippen molar-refractivity contribution in [1.82, 2.24) is 10.0 Å². The molecule has 1 rings (SSSR count). The summed E-state index contributed by atoms with van der Waals surface area (Å²) in [6.45, 7) is 1.85. The van der Waals surface area contributed by atoms with Gasteiger partial charge in [-0.1, -0.05) is 12.1 Å². The highest BCUT2D eigenvalue weighted by atomic mass is 32.2. The third-order valence-electron chi connectivity index (χ3n) is 2.66. The number of rotatable bonds is 8. The number of carbonyl (C=O) groups excluding carboxylic acids is 1. The molecule has 0 aliphatic heterocycles. The fourth-order valence-electron chi connectivity index (χ4n) is 1.59. The molecule has 3 N–H and O–H groups in total. The van der Waals surface area contributed by atoms with Crippen molar-refractivity contribution in [3.63, 3.8) is 0 Å². The standard InChI is InChI=1S/C13H18N2O5S/c1-2-14-12(16)9-15-21(19,20)11-6-3-10(4-7-11)5-8-13(17)18/h3-4,6-7,15H,2,5,8-9H2,1H3,(H,14,16)(H,17,18). The molecule has 0 atom stereocenters. The average molecular weight is 314 g/mol. The molecular weight excluding hydrogens is 296 g/mol. The number of hydrogen-bond acceptors (Lipinski definition) is 4. The number of hydrogen-bond donors (Lipinski definition) is 3. The summed E-state index contributed by atoms with van der Waals surface area (Å²) in [7, 11) is -3.75. The SMILES string of the molecule is CCNC(=O)CNS(=O)(=O)c1ccc(CCC(=O)O)cc1. The van der Waals surface area contributed by atoms with Gasteiger partial charge in [0.05, 0.1) is 11.4 Å². The van der Waals surface area contributed by atoms with E-state index in [-0.39, 0.29) is 17.9 Å². The Morgan fingerprint density at radius 2 is 1.81 bits per heavy atom. The van der Waals surface area contributed by atoms with Crippen molar-refractivity contribution >= 4 is 21.9 Å². The van der Waals surface area contributed by atoms with Crippen LogP contribution in [0.25, 0.3) is 0 Å². The zero-order valence-corrected chi connectivity index (χ0v) is 12.4. The van der Waals surface area contributed by atoms with Crippen molar-refractivity contribution in [2.75, 3.05) is 13.1 Å². The van der Waals surface area contributed by atoms with Gasteiger partial charge in [-0.05, 0) is 31.0 Å². The zero-order valence-electron chi connectivity index (χ0n) is 11.6. The molecule has 0 aromatic heterocycles. The first-order valence-electron chi connectivity index (χ1n) is 6.42. The van der Waals surface area contributed by atoms with Crippen LogP contribution in [0.3, 0.4) is 0 Å². The van der Waals surface area contributed by atoms with E-state index in [4.69, 9.17) is 5.11 Å². The minimum atomic E-state index is -3.75. The van der Waals surface area contributed by atoms with E-state index in [1.807, 2.05) is 0 Å². The Morgan fingerprint density at radius 1 is 1.19 bits per heavy atom. The van der Waals surface area contributed by atoms with Crippen LogP contribution in [-0.2, 0) is 26.0 Å².